The molecule has 1 aromatic carbocycles. The van der Waals surface area contributed by atoms with Gasteiger partial charge in [-0.3, -0.25) is 0 Å². The van der Waals surface area contributed by atoms with E-state index >= 15 is 0 Å². The van der Waals surface area contributed by atoms with Crippen LogP contribution in [0.15, 0.2) is 18.2 Å². The number of aliphatic hydroxyl groups is 1. The van der Waals surface area contributed by atoms with Gasteiger partial charge in [-0.25, -0.2) is 0 Å². The molecule has 0 aliphatic heterocycles. The van der Waals surface area contributed by atoms with Gasteiger partial charge in [0.25, 0.3) is 0 Å². The first kappa shape index (κ1) is 16.0. The summed E-state index contributed by atoms with van der Waals surface area (Å²) in [5.41, 5.74) is 1.55. The zero-order valence-corrected chi connectivity index (χ0v) is 12.0. The van der Waals surface area contributed by atoms with Crippen molar-refractivity contribution in [1.29, 1.82) is 0 Å². The third-order valence-electron chi connectivity index (χ3n) is 1.91. The van der Waals surface area contributed by atoms with Crippen molar-refractivity contribution in [3.05, 3.63) is 29.3 Å². The molecule has 0 atom stereocenters. The lowest BCUT2D eigenvalue weighted by molar-refractivity contribution is 0.0282. The lowest BCUT2D eigenvalue weighted by Gasteiger charge is -2.18. The lowest BCUT2D eigenvalue weighted by atomic mass is 10.1. The van der Waals surface area contributed by atoms with Gasteiger partial charge < -0.3 is 9.84 Å². The summed E-state index contributed by atoms with van der Waals surface area (Å²) in [6, 6.07) is 6.02. The summed E-state index contributed by atoms with van der Waals surface area (Å²) in [5, 5.41) is 9.50. The minimum Gasteiger partial charge on any atom is -0.490 e. The zero-order chi connectivity index (χ0) is 13.5. The second-order valence-electron chi connectivity index (χ2n) is 5.08. The predicted molar refractivity (Wildman–Crippen MR) is 73.7 cm³/mol. The van der Waals surface area contributed by atoms with Crippen LogP contribution in [0.3, 0.4) is 0 Å². The Morgan fingerprint density at radius 1 is 1.18 bits per heavy atom. The van der Waals surface area contributed by atoms with Crippen molar-refractivity contribution in [3.8, 4) is 5.75 Å². The van der Waals surface area contributed by atoms with E-state index in [4.69, 9.17) is 4.74 Å². The van der Waals surface area contributed by atoms with Gasteiger partial charge in [-0.2, -0.15) is 0 Å². The fourth-order valence-electron chi connectivity index (χ4n) is 1.22. The third-order valence-corrected chi connectivity index (χ3v) is 1.91. The molecule has 1 N–H and O–H groups in total. The molecular formula is C15H26O2. The topological polar surface area (TPSA) is 29.5 Å². The molecule has 17 heavy (non-hydrogen) atoms. The second-order valence-corrected chi connectivity index (χ2v) is 5.08. The van der Waals surface area contributed by atoms with Crippen LogP contribution in [0.25, 0.3) is 0 Å². The fraction of sp³-hybridized carbons (Fsp3) is 0.600. The zero-order valence-electron chi connectivity index (χ0n) is 12.0. The number of hydrogen-bond donors (Lipinski definition) is 1. The van der Waals surface area contributed by atoms with Gasteiger partial charge in [0.15, 0.2) is 0 Å². The molecule has 0 aliphatic rings. The summed E-state index contributed by atoms with van der Waals surface area (Å²) in [5.74, 6) is 0.845. The monoisotopic (exact) mass is 238 g/mol. The van der Waals surface area contributed by atoms with Crippen LogP contribution in [0.1, 0.15) is 45.2 Å². The molecule has 0 saturated heterocycles. The fourth-order valence-corrected chi connectivity index (χ4v) is 1.22. The third kappa shape index (κ3) is 7.81. The van der Waals surface area contributed by atoms with Crippen molar-refractivity contribution in [3.63, 3.8) is 0 Å². The normalized spacial score (nSPS) is 10.5. The number of hydrogen-bond acceptors (Lipinski definition) is 2. The highest BCUT2D eigenvalue weighted by molar-refractivity contribution is 5.35. The molecule has 0 amide bonds. The SMILES string of the molecule is CCC.Cc1ccc(OCC(C)(C)O)c(C)c1. The molecule has 0 aromatic heterocycles. The summed E-state index contributed by atoms with van der Waals surface area (Å²) in [6.45, 7) is 12.1. The molecule has 0 aliphatic carbocycles. The highest BCUT2D eigenvalue weighted by Gasteiger charge is 2.13. The molecule has 0 heterocycles. The largest absolute Gasteiger partial charge is 0.490 e. The van der Waals surface area contributed by atoms with Crippen LogP contribution in [0.4, 0.5) is 0 Å². The molecule has 0 bridgehead atoms. The minimum absolute atomic E-state index is 0.316. The van der Waals surface area contributed by atoms with Gasteiger partial charge in [0.1, 0.15) is 12.4 Å². The van der Waals surface area contributed by atoms with Crippen LogP contribution in [-0.2, 0) is 0 Å². The van der Waals surface area contributed by atoms with E-state index in [-0.39, 0.29) is 0 Å². The van der Waals surface area contributed by atoms with E-state index in [9.17, 15) is 5.11 Å². The van der Waals surface area contributed by atoms with Gasteiger partial charge in [0, 0.05) is 0 Å². The summed E-state index contributed by atoms with van der Waals surface area (Å²) in [4.78, 5) is 0. The maximum absolute atomic E-state index is 9.50. The number of rotatable bonds is 3. The van der Waals surface area contributed by atoms with Crippen molar-refractivity contribution < 1.29 is 9.84 Å². The molecule has 98 valence electrons. The predicted octanol–water partition coefficient (Wildman–Crippen LogP) is 3.87. The average molecular weight is 238 g/mol. The first-order valence-electron chi connectivity index (χ1n) is 6.22. The maximum atomic E-state index is 9.50. The number of ether oxygens (including phenoxy) is 1. The Morgan fingerprint density at radius 2 is 1.71 bits per heavy atom. The number of benzene rings is 1. The van der Waals surface area contributed by atoms with Crippen molar-refractivity contribution in [2.45, 2.75) is 53.6 Å². The van der Waals surface area contributed by atoms with E-state index in [2.05, 4.69) is 19.9 Å². The van der Waals surface area contributed by atoms with Crippen LogP contribution in [0, 0.1) is 13.8 Å². The molecule has 1 aromatic rings. The van der Waals surface area contributed by atoms with Gasteiger partial charge >= 0.3 is 0 Å². The molecular weight excluding hydrogens is 212 g/mol. The Labute approximate surface area is 106 Å². The van der Waals surface area contributed by atoms with Gasteiger partial charge in [-0.1, -0.05) is 38.0 Å². The van der Waals surface area contributed by atoms with Gasteiger partial charge in [-0.15, -0.1) is 0 Å². The average Bonchev–Trinajstić information content (AvgIpc) is 2.16. The smallest absolute Gasteiger partial charge is 0.122 e. The van der Waals surface area contributed by atoms with E-state index in [0.29, 0.717) is 6.61 Å². The molecule has 0 unspecified atom stereocenters. The summed E-state index contributed by atoms with van der Waals surface area (Å²) >= 11 is 0. The molecule has 2 nitrogen and oxygen atoms in total. The second kappa shape index (κ2) is 7.33. The van der Waals surface area contributed by atoms with E-state index in [1.54, 1.807) is 13.8 Å². The Kier molecular flexibility index (Phi) is 6.89. The van der Waals surface area contributed by atoms with Crippen molar-refractivity contribution in [2.24, 2.45) is 0 Å². The van der Waals surface area contributed by atoms with Crippen molar-refractivity contribution >= 4 is 0 Å². The molecule has 0 spiro atoms. The van der Waals surface area contributed by atoms with Gasteiger partial charge in [-0.05, 0) is 39.3 Å². The maximum Gasteiger partial charge on any atom is 0.122 e. The molecule has 0 radical (unpaired) electrons. The number of aryl methyl sites for hydroxylation is 2. The van der Waals surface area contributed by atoms with Crippen LogP contribution in [0.5, 0.6) is 5.75 Å². The standard InChI is InChI=1S/C12H18O2.C3H8/c1-9-5-6-11(10(2)7-9)14-8-12(3,4)13;1-3-2/h5-7,13H,8H2,1-4H3;3H2,1-2H3. The summed E-state index contributed by atoms with van der Waals surface area (Å²) in [6.07, 6.45) is 1.25. The van der Waals surface area contributed by atoms with Crippen LogP contribution in [0.2, 0.25) is 0 Å². The quantitative estimate of drug-likeness (QED) is 0.866. The Bertz CT molecular complexity index is 324. The molecule has 1 rings (SSSR count). The molecule has 0 saturated carbocycles. The first-order chi connectivity index (χ1) is 7.80. The summed E-state index contributed by atoms with van der Waals surface area (Å²) in [7, 11) is 0. The van der Waals surface area contributed by atoms with E-state index < -0.39 is 5.60 Å². The van der Waals surface area contributed by atoms with E-state index in [0.717, 1.165) is 11.3 Å². The van der Waals surface area contributed by atoms with Crippen LogP contribution >= 0.6 is 0 Å². The lowest BCUT2D eigenvalue weighted by Crippen LogP contribution is -2.28. The van der Waals surface area contributed by atoms with Gasteiger partial charge in [0.2, 0.25) is 0 Å². The Hall–Kier alpha value is -1.02. The van der Waals surface area contributed by atoms with Gasteiger partial charge in [0.05, 0.1) is 5.60 Å². The Balaban J connectivity index is 0.000000770. The molecule has 2 heteroatoms. The highest BCUT2D eigenvalue weighted by Crippen LogP contribution is 2.19. The van der Waals surface area contributed by atoms with Crippen molar-refractivity contribution in [2.75, 3.05) is 6.61 Å². The van der Waals surface area contributed by atoms with E-state index in [1.165, 1.54) is 12.0 Å². The van der Waals surface area contributed by atoms with Crippen molar-refractivity contribution in [1.82, 2.24) is 0 Å². The van der Waals surface area contributed by atoms with Crippen LogP contribution < -0.4 is 4.74 Å². The van der Waals surface area contributed by atoms with E-state index in [1.807, 2.05) is 26.0 Å². The summed E-state index contributed by atoms with van der Waals surface area (Å²) < 4.78 is 5.51. The Morgan fingerprint density at radius 3 is 2.12 bits per heavy atom. The highest BCUT2D eigenvalue weighted by atomic mass is 16.5. The molecule has 0 fully saturated rings. The minimum atomic E-state index is -0.780. The van der Waals surface area contributed by atoms with Crippen LogP contribution in [-0.4, -0.2) is 17.3 Å². The first-order valence-corrected chi connectivity index (χ1v) is 6.22.